The fourth-order valence-electron chi connectivity index (χ4n) is 1.09. The summed E-state index contributed by atoms with van der Waals surface area (Å²) in [5.74, 6) is 0.615. The molecule has 0 fully saturated rings. The van der Waals surface area contributed by atoms with E-state index >= 15 is 0 Å². The van der Waals surface area contributed by atoms with Gasteiger partial charge in [0.25, 0.3) is 0 Å². The van der Waals surface area contributed by atoms with Crippen molar-refractivity contribution >= 4 is 5.91 Å². The molecule has 0 aliphatic carbocycles. The number of carbonyl (C=O) groups is 1. The molecule has 1 aromatic rings. The van der Waals surface area contributed by atoms with Crippen molar-refractivity contribution in [2.24, 2.45) is 5.92 Å². The van der Waals surface area contributed by atoms with E-state index in [4.69, 9.17) is 9.68 Å². The molecular weight excluding hydrogens is 192 g/mol. The lowest BCUT2D eigenvalue weighted by molar-refractivity contribution is -0.121. The molecule has 0 aliphatic heterocycles. The van der Waals surface area contributed by atoms with E-state index in [0.717, 1.165) is 5.76 Å². The summed E-state index contributed by atoms with van der Waals surface area (Å²) in [4.78, 5) is 11.3. The molecule has 1 heterocycles. The number of furan rings is 1. The van der Waals surface area contributed by atoms with E-state index in [1.807, 2.05) is 6.07 Å². The van der Waals surface area contributed by atoms with Gasteiger partial charge in [0.2, 0.25) is 5.91 Å². The highest BCUT2D eigenvalue weighted by Crippen LogP contribution is 2.03. The minimum atomic E-state index is -0.141. The summed E-state index contributed by atoms with van der Waals surface area (Å²) in [6, 6.07) is 5.69. The Kier molecular flexibility index (Phi) is 4.42. The Labute approximate surface area is 88.9 Å². The summed E-state index contributed by atoms with van der Waals surface area (Å²) in [5.41, 5.74) is 0. The molecule has 1 atom stereocenters. The molecule has 15 heavy (non-hydrogen) atoms. The summed E-state index contributed by atoms with van der Waals surface area (Å²) in [6.45, 7) is 2.18. The Morgan fingerprint density at radius 1 is 1.73 bits per heavy atom. The lowest BCUT2D eigenvalue weighted by Crippen LogP contribution is -2.27. The molecule has 0 bridgehead atoms. The SMILES string of the molecule is CC(C#N)CNC(=O)CCc1ccco1. The number of hydrogen-bond acceptors (Lipinski definition) is 3. The Bertz CT molecular complexity index is 338. The molecule has 80 valence electrons. The lowest BCUT2D eigenvalue weighted by atomic mass is 10.2. The summed E-state index contributed by atoms with van der Waals surface area (Å²) in [6.07, 6.45) is 2.58. The van der Waals surface area contributed by atoms with Crippen LogP contribution >= 0.6 is 0 Å². The van der Waals surface area contributed by atoms with E-state index in [9.17, 15) is 4.79 Å². The Morgan fingerprint density at radius 2 is 2.53 bits per heavy atom. The van der Waals surface area contributed by atoms with Crippen molar-refractivity contribution in [2.45, 2.75) is 19.8 Å². The summed E-state index contributed by atoms with van der Waals surface area (Å²) in [5, 5.41) is 11.2. The van der Waals surface area contributed by atoms with Gasteiger partial charge in [-0.25, -0.2) is 0 Å². The van der Waals surface area contributed by atoms with Gasteiger partial charge in [-0.1, -0.05) is 0 Å². The molecule has 0 saturated carbocycles. The fourth-order valence-corrected chi connectivity index (χ4v) is 1.09. The van der Waals surface area contributed by atoms with Crippen molar-refractivity contribution in [1.29, 1.82) is 5.26 Å². The van der Waals surface area contributed by atoms with E-state index in [-0.39, 0.29) is 11.8 Å². The van der Waals surface area contributed by atoms with Crippen LogP contribution < -0.4 is 5.32 Å². The zero-order valence-corrected chi connectivity index (χ0v) is 8.69. The molecule has 0 spiro atoms. The topological polar surface area (TPSA) is 66.0 Å². The third-order valence-corrected chi connectivity index (χ3v) is 2.00. The Balaban J connectivity index is 2.17. The first-order chi connectivity index (χ1) is 7.22. The number of nitrogens with one attached hydrogen (secondary N) is 1. The molecule has 1 unspecified atom stereocenters. The maximum Gasteiger partial charge on any atom is 0.220 e. The number of amides is 1. The van der Waals surface area contributed by atoms with Crippen molar-refractivity contribution in [3.05, 3.63) is 24.2 Å². The van der Waals surface area contributed by atoms with Gasteiger partial charge in [-0.3, -0.25) is 4.79 Å². The smallest absolute Gasteiger partial charge is 0.220 e. The van der Waals surface area contributed by atoms with Crippen LogP contribution in [0, 0.1) is 17.2 Å². The molecule has 1 N–H and O–H groups in total. The highest BCUT2D eigenvalue weighted by atomic mass is 16.3. The average molecular weight is 206 g/mol. The first-order valence-electron chi connectivity index (χ1n) is 4.91. The molecule has 0 aliphatic rings. The van der Waals surface area contributed by atoms with Crippen LogP contribution in [0.3, 0.4) is 0 Å². The van der Waals surface area contributed by atoms with E-state index in [1.54, 1.807) is 19.3 Å². The van der Waals surface area contributed by atoms with Gasteiger partial charge in [-0.15, -0.1) is 0 Å². The maximum atomic E-state index is 11.3. The Morgan fingerprint density at radius 3 is 3.13 bits per heavy atom. The van der Waals surface area contributed by atoms with Crippen LogP contribution in [0.25, 0.3) is 0 Å². The molecule has 1 aromatic heterocycles. The first kappa shape index (κ1) is 11.3. The van der Waals surface area contributed by atoms with E-state index in [0.29, 0.717) is 19.4 Å². The molecule has 0 radical (unpaired) electrons. The van der Waals surface area contributed by atoms with Crippen LogP contribution in [0.15, 0.2) is 22.8 Å². The number of aryl methyl sites for hydroxylation is 1. The van der Waals surface area contributed by atoms with Gasteiger partial charge in [0.1, 0.15) is 5.76 Å². The largest absolute Gasteiger partial charge is 0.469 e. The lowest BCUT2D eigenvalue weighted by Gasteiger charge is -2.04. The van der Waals surface area contributed by atoms with Crippen molar-refractivity contribution in [3.63, 3.8) is 0 Å². The van der Waals surface area contributed by atoms with Gasteiger partial charge < -0.3 is 9.73 Å². The number of carbonyl (C=O) groups excluding carboxylic acids is 1. The van der Waals surface area contributed by atoms with Gasteiger partial charge in [0, 0.05) is 19.4 Å². The molecule has 0 aromatic carbocycles. The van der Waals surface area contributed by atoms with E-state index in [2.05, 4.69) is 11.4 Å². The van der Waals surface area contributed by atoms with Gasteiger partial charge in [-0.2, -0.15) is 5.26 Å². The predicted octanol–water partition coefficient (Wildman–Crippen LogP) is 1.49. The monoisotopic (exact) mass is 206 g/mol. The first-order valence-corrected chi connectivity index (χ1v) is 4.91. The zero-order chi connectivity index (χ0) is 11.1. The van der Waals surface area contributed by atoms with Gasteiger partial charge in [0.15, 0.2) is 0 Å². The number of nitrogens with zero attached hydrogens (tertiary/aromatic N) is 1. The van der Waals surface area contributed by atoms with E-state index < -0.39 is 0 Å². The van der Waals surface area contributed by atoms with Crippen LogP contribution in [0.5, 0.6) is 0 Å². The third kappa shape index (κ3) is 4.32. The molecule has 4 heteroatoms. The molecule has 1 amide bonds. The van der Waals surface area contributed by atoms with Crippen LogP contribution in [0.2, 0.25) is 0 Å². The molecule has 0 saturated heterocycles. The van der Waals surface area contributed by atoms with Gasteiger partial charge >= 0.3 is 0 Å². The highest BCUT2D eigenvalue weighted by Gasteiger charge is 2.05. The second kappa shape index (κ2) is 5.86. The number of hydrogen-bond donors (Lipinski definition) is 1. The summed E-state index contributed by atoms with van der Waals surface area (Å²) < 4.78 is 5.10. The van der Waals surface area contributed by atoms with E-state index in [1.165, 1.54) is 0 Å². The Hall–Kier alpha value is -1.76. The van der Waals surface area contributed by atoms with Crippen molar-refractivity contribution in [3.8, 4) is 6.07 Å². The minimum absolute atomic E-state index is 0.0477. The second-order valence-electron chi connectivity index (χ2n) is 3.41. The predicted molar refractivity (Wildman–Crippen MR) is 54.8 cm³/mol. The van der Waals surface area contributed by atoms with Crippen LogP contribution in [0.1, 0.15) is 19.1 Å². The van der Waals surface area contributed by atoms with Crippen LogP contribution in [0.4, 0.5) is 0 Å². The summed E-state index contributed by atoms with van der Waals surface area (Å²) >= 11 is 0. The maximum absolute atomic E-state index is 11.3. The normalized spacial score (nSPS) is 11.7. The quantitative estimate of drug-likeness (QED) is 0.793. The summed E-state index contributed by atoms with van der Waals surface area (Å²) in [7, 11) is 0. The molecular formula is C11H14N2O2. The van der Waals surface area contributed by atoms with Crippen LogP contribution in [-0.2, 0) is 11.2 Å². The second-order valence-corrected chi connectivity index (χ2v) is 3.41. The van der Waals surface area contributed by atoms with Gasteiger partial charge in [0.05, 0.1) is 18.3 Å². The van der Waals surface area contributed by atoms with Crippen molar-refractivity contribution < 1.29 is 9.21 Å². The number of rotatable bonds is 5. The molecule has 4 nitrogen and oxygen atoms in total. The standard InChI is InChI=1S/C11H14N2O2/c1-9(7-12)8-13-11(14)5-4-10-3-2-6-15-10/h2-3,6,9H,4-5,8H2,1H3,(H,13,14). The zero-order valence-electron chi connectivity index (χ0n) is 8.69. The van der Waals surface area contributed by atoms with Gasteiger partial charge in [-0.05, 0) is 19.1 Å². The van der Waals surface area contributed by atoms with Crippen molar-refractivity contribution in [2.75, 3.05) is 6.54 Å². The minimum Gasteiger partial charge on any atom is -0.469 e. The van der Waals surface area contributed by atoms with Crippen molar-refractivity contribution in [1.82, 2.24) is 5.32 Å². The highest BCUT2D eigenvalue weighted by molar-refractivity contribution is 5.76. The average Bonchev–Trinajstić information content (AvgIpc) is 2.75. The van der Waals surface area contributed by atoms with Crippen LogP contribution in [-0.4, -0.2) is 12.5 Å². The third-order valence-electron chi connectivity index (χ3n) is 2.00. The fraction of sp³-hybridized carbons (Fsp3) is 0.455. The number of nitriles is 1. The molecule has 1 rings (SSSR count).